The molecule has 19 heteroatoms. The van der Waals surface area contributed by atoms with Crippen LogP contribution in [0.15, 0.2) is 0 Å². The molecule has 0 aromatic carbocycles. The molecule has 0 aromatic heterocycles. The van der Waals surface area contributed by atoms with Crippen LogP contribution in [0.2, 0.25) is 0 Å². The maximum Gasteiger partial charge on any atom is 0.472 e. The van der Waals surface area contributed by atoms with Crippen LogP contribution in [0, 0.1) is 11.8 Å². The number of phosphoric ester groups is 2. The van der Waals surface area contributed by atoms with E-state index in [1.165, 1.54) is 199 Å². The summed E-state index contributed by atoms with van der Waals surface area (Å²) in [5.74, 6) is -0.671. The maximum atomic E-state index is 13.1. The zero-order chi connectivity index (χ0) is 69.3. The van der Waals surface area contributed by atoms with E-state index < -0.39 is 97.5 Å². The Labute approximate surface area is 575 Å². The fraction of sp³-hybridized carbons (Fsp3) is 0.947. The fourth-order valence-corrected chi connectivity index (χ4v) is 13.0. The van der Waals surface area contributed by atoms with Gasteiger partial charge in [-0.2, -0.15) is 0 Å². The number of esters is 4. The van der Waals surface area contributed by atoms with Gasteiger partial charge in [-0.25, -0.2) is 9.13 Å². The molecule has 17 nitrogen and oxygen atoms in total. The van der Waals surface area contributed by atoms with Crippen molar-refractivity contribution in [2.45, 2.75) is 407 Å². The van der Waals surface area contributed by atoms with Gasteiger partial charge in [0.2, 0.25) is 0 Å². The Balaban J connectivity index is 5.19. The van der Waals surface area contributed by atoms with Gasteiger partial charge in [0.05, 0.1) is 26.4 Å². The molecule has 3 N–H and O–H groups in total. The van der Waals surface area contributed by atoms with E-state index in [-0.39, 0.29) is 25.7 Å². The number of rotatable bonds is 74. The number of carbonyl (C=O) groups excluding carboxylic acids is 4. The number of hydrogen-bond acceptors (Lipinski definition) is 15. The third-order valence-electron chi connectivity index (χ3n) is 18.2. The number of unbranched alkanes of at least 4 members (excludes halogenated alkanes) is 42. The standard InChI is InChI=1S/C75H146O17P2/c1-7-11-13-15-17-19-21-23-24-25-26-27-28-29-30-32-34-36-38-47-53-59-74(79)91-70(63-85-72(77)57-51-45-37-35-33-31-22-20-18-16-14-12-8-2)65-89-93(81,82)87-61-69(76)62-88-94(83,84)90-66-71(92-75(80)60-54-48-42-40-44-50-56-68(6)10-4)64-86-73(78)58-52-46-41-39-43-49-55-67(5)9-3/h67-71,76H,7-66H2,1-6H3,(H,81,82)(H,83,84)/t67?,68?,69-,70-,71-/m1/s1. The van der Waals surface area contributed by atoms with Crippen molar-refractivity contribution in [2.75, 3.05) is 39.6 Å². The summed E-state index contributed by atoms with van der Waals surface area (Å²) in [7, 11) is -9.91. The number of phosphoric acid groups is 2. The number of aliphatic hydroxyl groups excluding tert-OH is 1. The van der Waals surface area contributed by atoms with Crippen LogP contribution in [0.1, 0.15) is 388 Å². The summed E-state index contributed by atoms with van der Waals surface area (Å²) >= 11 is 0. The molecule has 0 spiro atoms. The van der Waals surface area contributed by atoms with Crippen LogP contribution in [-0.2, 0) is 65.4 Å². The first-order chi connectivity index (χ1) is 45.4. The van der Waals surface area contributed by atoms with Crippen molar-refractivity contribution in [3.63, 3.8) is 0 Å². The lowest BCUT2D eigenvalue weighted by molar-refractivity contribution is -0.161. The van der Waals surface area contributed by atoms with Crippen molar-refractivity contribution in [1.82, 2.24) is 0 Å². The fourth-order valence-electron chi connectivity index (χ4n) is 11.4. The second-order valence-electron chi connectivity index (χ2n) is 27.5. The molecule has 0 aliphatic carbocycles. The van der Waals surface area contributed by atoms with E-state index >= 15 is 0 Å². The minimum absolute atomic E-state index is 0.102. The highest BCUT2D eigenvalue weighted by atomic mass is 31.2. The van der Waals surface area contributed by atoms with E-state index in [0.717, 1.165) is 108 Å². The lowest BCUT2D eigenvalue weighted by Gasteiger charge is -2.21. The van der Waals surface area contributed by atoms with Crippen molar-refractivity contribution in [3.05, 3.63) is 0 Å². The Hall–Kier alpha value is -1.94. The van der Waals surface area contributed by atoms with Crippen molar-refractivity contribution < 1.29 is 80.2 Å². The highest BCUT2D eigenvalue weighted by Gasteiger charge is 2.30. The Morgan fingerprint density at radius 2 is 0.511 bits per heavy atom. The summed E-state index contributed by atoms with van der Waals surface area (Å²) in [6.45, 7) is 9.49. The first kappa shape index (κ1) is 92.1. The number of aliphatic hydroxyl groups is 1. The third kappa shape index (κ3) is 66.0. The first-order valence-corrected chi connectivity index (χ1v) is 42.1. The average Bonchev–Trinajstić information content (AvgIpc) is 1.90. The molecule has 0 fully saturated rings. The van der Waals surface area contributed by atoms with Gasteiger partial charge in [-0.05, 0) is 37.5 Å². The summed E-state index contributed by atoms with van der Waals surface area (Å²) in [5.41, 5.74) is 0. The first-order valence-electron chi connectivity index (χ1n) is 39.1. The van der Waals surface area contributed by atoms with E-state index in [4.69, 9.17) is 37.0 Å². The van der Waals surface area contributed by atoms with Crippen molar-refractivity contribution in [3.8, 4) is 0 Å². The van der Waals surface area contributed by atoms with Crippen LogP contribution in [0.5, 0.6) is 0 Å². The Bertz CT molecular complexity index is 1820. The van der Waals surface area contributed by atoms with Crippen LogP contribution in [0.25, 0.3) is 0 Å². The van der Waals surface area contributed by atoms with Crippen molar-refractivity contribution in [2.24, 2.45) is 11.8 Å². The van der Waals surface area contributed by atoms with E-state index in [1.54, 1.807) is 0 Å². The molecular weight excluding hydrogens is 1230 g/mol. The number of ether oxygens (including phenoxy) is 4. The molecular formula is C75H146O17P2. The Kier molecular flexibility index (Phi) is 65.5. The smallest absolute Gasteiger partial charge is 0.462 e. The minimum Gasteiger partial charge on any atom is -0.462 e. The normalized spacial score (nSPS) is 14.6. The van der Waals surface area contributed by atoms with Gasteiger partial charge in [-0.3, -0.25) is 37.3 Å². The average molecular weight is 1380 g/mol. The predicted octanol–water partition coefficient (Wildman–Crippen LogP) is 21.9. The lowest BCUT2D eigenvalue weighted by Crippen LogP contribution is -2.30. The van der Waals surface area contributed by atoms with Gasteiger partial charge in [0, 0.05) is 25.7 Å². The van der Waals surface area contributed by atoms with E-state index in [9.17, 15) is 43.2 Å². The zero-order valence-corrected chi connectivity index (χ0v) is 63.1. The summed E-state index contributed by atoms with van der Waals surface area (Å²) in [6, 6.07) is 0. The molecule has 558 valence electrons. The van der Waals surface area contributed by atoms with E-state index in [1.807, 2.05) is 0 Å². The largest absolute Gasteiger partial charge is 0.472 e. The highest BCUT2D eigenvalue weighted by Crippen LogP contribution is 2.45. The molecule has 0 amide bonds. The molecule has 0 aromatic rings. The molecule has 0 saturated heterocycles. The van der Waals surface area contributed by atoms with Crippen LogP contribution >= 0.6 is 15.6 Å². The summed E-state index contributed by atoms with van der Waals surface area (Å²) in [5, 5.41) is 10.6. The van der Waals surface area contributed by atoms with Gasteiger partial charge in [0.25, 0.3) is 0 Å². The lowest BCUT2D eigenvalue weighted by atomic mass is 10.00. The summed E-state index contributed by atoms with van der Waals surface area (Å²) in [4.78, 5) is 72.7. The van der Waals surface area contributed by atoms with Crippen LogP contribution in [-0.4, -0.2) is 96.7 Å². The van der Waals surface area contributed by atoms with Gasteiger partial charge in [-0.1, -0.05) is 337 Å². The van der Waals surface area contributed by atoms with Gasteiger partial charge in [-0.15, -0.1) is 0 Å². The molecule has 7 atom stereocenters. The molecule has 0 aliphatic heterocycles. The van der Waals surface area contributed by atoms with Gasteiger partial charge in [0.1, 0.15) is 19.3 Å². The van der Waals surface area contributed by atoms with Gasteiger partial charge in [0.15, 0.2) is 12.2 Å². The monoisotopic (exact) mass is 1380 g/mol. The summed E-state index contributed by atoms with van der Waals surface area (Å²) < 4.78 is 68.4. The SMILES string of the molecule is CCCCCCCCCCCCCCCCCCCCCCCC(=O)O[C@H](COC(=O)CCCCCCCCCCCCCCC)COP(=O)(O)OC[C@@H](O)COP(=O)(O)OC[C@@H](COC(=O)CCCCCCCCC(C)CC)OC(=O)CCCCCCCCC(C)CC. The third-order valence-corrected chi connectivity index (χ3v) is 20.1. The molecule has 0 aliphatic rings. The molecule has 0 heterocycles. The molecule has 0 rings (SSSR count). The second-order valence-corrected chi connectivity index (χ2v) is 30.4. The Morgan fingerprint density at radius 3 is 0.755 bits per heavy atom. The number of hydrogen-bond donors (Lipinski definition) is 3. The minimum atomic E-state index is -4.96. The van der Waals surface area contributed by atoms with Crippen molar-refractivity contribution in [1.29, 1.82) is 0 Å². The van der Waals surface area contributed by atoms with E-state index in [0.29, 0.717) is 25.7 Å². The van der Waals surface area contributed by atoms with Gasteiger partial charge < -0.3 is 33.8 Å². The van der Waals surface area contributed by atoms with Crippen molar-refractivity contribution >= 4 is 39.5 Å². The topological polar surface area (TPSA) is 237 Å². The zero-order valence-electron chi connectivity index (χ0n) is 61.3. The highest BCUT2D eigenvalue weighted by molar-refractivity contribution is 7.47. The molecule has 0 saturated carbocycles. The quantitative estimate of drug-likeness (QED) is 0.0222. The molecule has 4 unspecified atom stereocenters. The van der Waals surface area contributed by atoms with Crippen LogP contribution in [0.3, 0.4) is 0 Å². The maximum absolute atomic E-state index is 13.1. The Morgan fingerprint density at radius 1 is 0.298 bits per heavy atom. The summed E-state index contributed by atoms with van der Waals surface area (Å²) in [6.07, 6.45) is 54.3. The van der Waals surface area contributed by atoms with Gasteiger partial charge >= 0.3 is 39.5 Å². The molecule has 0 radical (unpaired) electrons. The van der Waals surface area contributed by atoms with Crippen LogP contribution in [0.4, 0.5) is 0 Å². The second kappa shape index (κ2) is 66.9. The predicted molar refractivity (Wildman–Crippen MR) is 381 cm³/mol. The number of carbonyl (C=O) groups is 4. The molecule has 94 heavy (non-hydrogen) atoms. The van der Waals surface area contributed by atoms with E-state index in [2.05, 4.69) is 41.5 Å². The van der Waals surface area contributed by atoms with Crippen LogP contribution < -0.4 is 0 Å². The molecule has 0 bridgehead atoms.